The van der Waals surface area contributed by atoms with Crippen molar-refractivity contribution in [2.24, 2.45) is 0 Å². The van der Waals surface area contributed by atoms with Crippen LogP contribution in [0.1, 0.15) is 38.9 Å². The van der Waals surface area contributed by atoms with Gasteiger partial charge in [0.25, 0.3) is 0 Å². The molecule has 5 heteroatoms. The Kier molecular flexibility index (Phi) is 3.15. The van der Waals surface area contributed by atoms with Crippen LogP contribution in [-0.2, 0) is 4.74 Å². The lowest BCUT2D eigenvalue weighted by molar-refractivity contribution is -0.00651. The van der Waals surface area contributed by atoms with E-state index in [1.54, 1.807) is 17.2 Å². The van der Waals surface area contributed by atoms with Crippen LogP contribution in [-0.4, -0.2) is 28.1 Å². The van der Waals surface area contributed by atoms with Gasteiger partial charge >= 0.3 is 6.09 Å². The zero-order valence-electron chi connectivity index (χ0n) is 11.0. The first-order chi connectivity index (χ1) is 8.37. The number of carbonyl (C=O) groups is 1. The molecule has 1 unspecified atom stereocenters. The zero-order valence-corrected chi connectivity index (χ0v) is 11.0. The highest BCUT2D eigenvalue weighted by molar-refractivity contribution is 5.69. The first kappa shape index (κ1) is 12.7. The highest BCUT2D eigenvalue weighted by Crippen LogP contribution is 2.33. The molecule has 0 radical (unpaired) electrons. The van der Waals surface area contributed by atoms with Gasteiger partial charge in [0.2, 0.25) is 0 Å². The molecule has 2 heterocycles. The fraction of sp³-hybridized carbons (Fsp3) is 0.538. The van der Waals surface area contributed by atoms with Crippen LogP contribution >= 0.6 is 0 Å². The highest BCUT2D eigenvalue weighted by Gasteiger charge is 2.36. The summed E-state index contributed by atoms with van der Waals surface area (Å²) in [6.45, 7) is 6.30. The third-order valence-corrected chi connectivity index (χ3v) is 2.80. The number of amides is 1. The van der Waals surface area contributed by atoms with E-state index in [0.717, 1.165) is 12.1 Å². The summed E-state index contributed by atoms with van der Waals surface area (Å²) in [6.07, 6.45) is 2.24. The smallest absolute Gasteiger partial charge is 0.410 e. The third-order valence-electron chi connectivity index (χ3n) is 2.80. The van der Waals surface area contributed by atoms with Gasteiger partial charge in [-0.1, -0.05) is 0 Å². The van der Waals surface area contributed by atoms with E-state index in [-0.39, 0.29) is 12.1 Å². The van der Waals surface area contributed by atoms with E-state index in [2.05, 4.69) is 4.98 Å². The molecule has 1 saturated heterocycles. The van der Waals surface area contributed by atoms with E-state index in [9.17, 15) is 4.79 Å². The molecule has 1 aromatic heterocycles. The van der Waals surface area contributed by atoms with Crippen molar-refractivity contribution in [3.05, 3.63) is 24.0 Å². The average Bonchev–Trinajstić information content (AvgIpc) is 2.16. The lowest BCUT2D eigenvalue weighted by Crippen LogP contribution is -2.47. The Hall–Kier alpha value is -1.78. The van der Waals surface area contributed by atoms with Gasteiger partial charge in [-0.2, -0.15) is 0 Å². The minimum absolute atomic E-state index is 0.0143. The number of nitrogens with two attached hydrogens (primary N) is 1. The summed E-state index contributed by atoms with van der Waals surface area (Å²) in [5.74, 6) is 0. The molecule has 1 aliphatic rings. The number of anilines is 1. The topological polar surface area (TPSA) is 68.5 Å². The molecular formula is C13H19N3O2. The van der Waals surface area contributed by atoms with Gasteiger partial charge in [0.1, 0.15) is 5.60 Å². The maximum Gasteiger partial charge on any atom is 0.410 e. The molecule has 2 N–H and O–H groups in total. The number of pyridine rings is 1. The summed E-state index contributed by atoms with van der Waals surface area (Å²) in [5, 5.41) is 0. The Balaban J connectivity index is 2.04. The number of likely N-dealkylation sites (tertiary alicyclic amines) is 1. The summed E-state index contributed by atoms with van der Waals surface area (Å²) >= 11 is 0. The Labute approximate surface area is 107 Å². The van der Waals surface area contributed by atoms with Crippen LogP contribution in [0.25, 0.3) is 0 Å². The molecule has 0 saturated carbocycles. The first-order valence-corrected chi connectivity index (χ1v) is 6.08. The number of carbonyl (C=O) groups excluding carboxylic acids is 1. The molecule has 0 spiro atoms. The number of ether oxygens (including phenoxy) is 1. The number of rotatable bonds is 1. The molecule has 18 heavy (non-hydrogen) atoms. The van der Waals surface area contributed by atoms with Crippen LogP contribution in [0.15, 0.2) is 18.3 Å². The van der Waals surface area contributed by atoms with Gasteiger partial charge in [-0.05, 0) is 39.3 Å². The lowest BCUT2D eigenvalue weighted by Gasteiger charge is -2.40. The minimum Gasteiger partial charge on any atom is -0.444 e. The lowest BCUT2D eigenvalue weighted by atomic mass is 10.00. The fourth-order valence-electron chi connectivity index (χ4n) is 1.85. The summed E-state index contributed by atoms with van der Waals surface area (Å²) in [5.41, 5.74) is 6.62. The molecule has 5 nitrogen and oxygen atoms in total. The highest BCUT2D eigenvalue weighted by atomic mass is 16.6. The second-order valence-corrected chi connectivity index (χ2v) is 5.49. The summed E-state index contributed by atoms with van der Waals surface area (Å²) in [4.78, 5) is 17.9. The van der Waals surface area contributed by atoms with Crippen molar-refractivity contribution in [2.75, 3.05) is 12.3 Å². The van der Waals surface area contributed by atoms with Gasteiger partial charge in [-0.3, -0.25) is 9.88 Å². The SMILES string of the molecule is CC(C)(C)OC(=O)N1CCC1c1ccc(N)cn1. The molecular weight excluding hydrogens is 230 g/mol. The third kappa shape index (κ3) is 2.72. The predicted octanol–water partition coefficient (Wildman–Crippen LogP) is 2.35. The van der Waals surface area contributed by atoms with Crippen molar-refractivity contribution in [1.82, 2.24) is 9.88 Å². The van der Waals surface area contributed by atoms with Crippen molar-refractivity contribution >= 4 is 11.8 Å². The van der Waals surface area contributed by atoms with Crippen LogP contribution in [0.5, 0.6) is 0 Å². The first-order valence-electron chi connectivity index (χ1n) is 6.08. The summed E-state index contributed by atoms with van der Waals surface area (Å²) < 4.78 is 5.35. The van der Waals surface area contributed by atoms with Crippen LogP contribution in [0.4, 0.5) is 10.5 Å². The van der Waals surface area contributed by atoms with Crippen LogP contribution < -0.4 is 5.73 Å². The molecule has 1 atom stereocenters. The van der Waals surface area contributed by atoms with Crippen LogP contribution in [0.2, 0.25) is 0 Å². The van der Waals surface area contributed by atoms with Crippen molar-refractivity contribution in [1.29, 1.82) is 0 Å². The van der Waals surface area contributed by atoms with Gasteiger partial charge in [0.15, 0.2) is 0 Å². The molecule has 1 amide bonds. The molecule has 1 fully saturated rings. The normalized spacial score (nSPS) is 19.3. The zero-order chi connectivity index (χ0) is 13.3. The maximum atomic E-state index is 11.9. The fourth-order valence-corrected chi connectivity index (χ4v) is 1.85. The molecule has 0 aromatic carbocycles. The molecule has 1 aromatic rings. The Morgan fingerprint density at radius 2 is 2.22 bits per heavy atom. The van der Waals surface area contributed by atoms with Crippen molar-refractivity contribution in [2.45, 2.75) is 38.8 Å². The molecule has 0 aliphatic carbocycles. The predicted molar refractivity (Wildman–Crippen MR) is 68.9 cm³/mol. The molecule has 98 valence electrons. The minimum atomic E-state index is -0.467. The van der Waals surface area contributed by atoms with Crippen molar-refractivity contribution < 1.29 is 9.53 Å². The van der Waals surface area contributed by atoms with E-state index >= 15 is 0 Å². The number of aromatic nitrogens is 1. The Morgan fingerprint density at radius 1 is 1.50 bits per heavy atom. The van der Waals surface area contributed by atoms with E-state index in [1.165, 1.54) is 0 Å². The van der Waals surface area contributed by atoms with Gasteiger partial charge in [-0.15, -0.1) is 0 Å². The van der Waals surface area contributed by atoms with Crippen molar-refractivity contribution in [3.63, 3.8) is 0 Å². The molecule has 1 aliphatic heterocycles. The van der Waals surface area contributed by atoms with Gasteiger partial charge in [-0.25, -0.2) is 4.79 Å². The largest absolute Gasteiger partial charge is 0.444 e. The Bertz CT molecular complexity index is 437. The number of nitrogen functional groups attached to an aromatic ring is 1. The number of hydrogen-bond acceptors (Lipinski definition) is 4. The maximum absolute atomic E-state index is 11.9. The van der Waals surface area contributed by atoms with Gasteiger partial charge in [0.05, 0.1) is 23.6 Å². The average molecular weight is 249 g/mol. The Morgan fingerprint density at radius 3 is 2.67 bits per heavy atom. The summed E-state index contributed by atoms with van der Waals surface area (Å²) in [6, 6.07) is 3.67. The van der Waals surface area contributed by atoms with E-state index in [4.69, 9.17) is 10.5 Å². The second-order valence-electron chi connectivity index (χ2n) is 5.49. The van der Waals surface area contributed by atoms with Gasteiger partial charge in [0, 0.05) is 6.54 Å². The van der Waals surface area contributed by atoms with Crippen LogP contribution in [0.3, 0.4) is 0 Å². The summed E-state index contributed by atoms with van der Waals surface area (Å²) in [7, 11) is 0. The van der Waals surface area contributed by atoms with Gasteiger partial charge < -0.3 is 10.5 Å². The van der Waals surface area contributed by atoms with Crippen LogP contribution in [0, 0.1) is 0 Å². The van der Waals surface area contributed by atoms with E-state index in [0.29, 0.717) is 12.2 Å². The van der Waals surface area contributed by atoms with Crippen molar-refractivity contribution in [3.8, 4) is 0 Å². The van der Waals surface area contributed by atoms with E-state index in [1.807, 2.05) is 26.8 Å². The second kappa shape index (κ2) is 4.48. The number of nitrogens with zero attached hydrogens (tertiary/aromatic N) is 2. The van der Waals surface area contributed by atoms with E-state index < -0.39 is 5.60 Å². The molecule has 0 bridgehead atoms. The quantitative estimate of drug-likeness (QED) is 0.829. The number of hydrogen-bond donors (Lipinski definition) is 1. The molecule has 2 rings (SSSR count). The standard InChI is InChI=1S/C13H19N3O2/c1-13(2,3)18-12(17)16-7-6-11(16)10-5-4-9(14)8-15-10/h4-5,8,11H,6-7,14H2,1-3H3. The monoisotopic (exact) mass is 249 g/mol.